The molecule has 0 saturated heterocycles. The Morgan fingerprint density at radius 2 is 2.21 bits per heavy atom. The molecule has 0 unspecified atom stereocenters. The second kappa shape index (κ2) is 4.65. The minimum absolute atomic E-state index is 0.0616. The van der Waals surface area contributed by atoms with E-state index >= 15 is 0 Å². The van der Waals surface area contributed by atoms with E-state index in [0.29, 0.717) is 17.9 Å². The molecule has 0 aliphatic heterocycles. The van der Waals surface area contributed by atoms with Crippen LogP contribution in [0.5, 0.6) is 11.5 Å². The first-order chi connectivity index (χ1) is 6.66. The standard InChI is InChI=1S/C11H14O3/c1-3-7-14-10-6-4-5-9(8(2)12)11(10)13/h4-6,13H,3,7H2,1-2H3. The summed E-state index contributed by atoms with van der Waals surface area (Å²) < 4.78 is 5.27. The second-order valence-corrected chi connectivity index (χ2v) is 3.06. The molecule has 1 rings (SSSR count). The molecule has 3 heteroatoms. The number of ketones is 1. The van der Waals surface area contributed by atoms with Crippen molar-refractivity contribution in [2.75, 3.05) is 6.61 Å². The maximum Gasteiger partial charge on any atom is 0.168 e. The fourth-order valence-corrected chi connectivity index (χ4v) is 1.13. The van der Waals surface area contributed by atoms with Gasteiger partial charge in [-0.05, 0) is 25.5 Å². The van der Waals surface area contributed by atoms with Crippen molar-refractivity contribution in [3.8, 4) is 11.5 Å². The average Bonchev–Trinajstić information content (AvgIpc) is 2.16. The summed E-state index contributed by atoms with van der Waals surface area (Å²) >= 11 is 0. The number of rotatable bonds is 4. The van der Waals surface area contributed by atoms with E-state index in [1.807, 2.05) is 6.92 Å². The third-order valence-electron chi connectivity index (χ3n) is 1.84. The van der Waals surface area contributed by atoms with Crippen molar-refractivity contribution in [3.05, 3.63) is 23.8 Å². The summed E-state index contributed by atoms with van der Waals surface area (Å²) in [6.45, 7) is 3.93. The van der Waals surface area contributed by atoms with Crippen LogP contribution in [0.2, 0.25) is 0 Å². The maximum absolute atomic E-state index is 11.1. The van der Waals surface area contributed by atoms with Gasteiger partial charge in [0.25, 0.3) is 0 Å². The summed E-state index contributed by atoms with van der Waals surface area (Å²) in [5.74, 6) is 0.150. The Bertz CT molecular complexity index is 331. The molecule has 3 nitrogen and oxygen atoms in total. The van der Waals surface area contributed by atoms with E-state index in [4.69, 9.17) is 4.74 Å². The van der Waals surface area contributed by atoms with E-state index in [1.165, 1.54) is 6.92 Å². The largest absolute Gasteiger partial charge is 0.504 e. The summed E-state index contributed by atoms with van der Waals surface area (Å²) in [6.07, 6.45) is 0.865. The molecule has 0 bridgehead atoms. The zero-order valence-electron chi connectivity index (χ0n) is 8.41. The normalized spacial score (nSPS) is 9.86. The Kier molecular flexibility index (Phi) is 3.51. The third kappa shape index (κ3) is 2.25. The van der Waals surface area contributed by atoms with Gasteiger partial charge in [-0.25, -0.2) is 0 Å². The summed E-state index contributed by atoms with van der Waals surface area (Å²) in [6, 6.07) is 4.93. The molecule has 0 atom stereocenters. The minimum Gasteiger partial charge on any atom is -0.504 e. The fraction of sp³-hybridized carbons (Fsp3) is 0.364. The van der Waals surface area contributed by atoms with Crippen LogP contribution in [0.15, 0.2) is 18.2 Å². The van der Waals surface area contributed by atoms with Gasteiger partial charge < -0.3 is 9.84 Å². The molecule has 1 aromatic rings. The predicted octanol–water partition coefficient (Wildman–Crippen LogP) is 2.38. The van der Waals surface area contributed by atoms with Crippen molar-refractivity contribution < 1.29 is 14.6 Å². The Hall–Kier alpha value is -1.51. The number of phenolic OH excluding ortho intramolecular Hbond substituents is 1. The van der Waals surface area contributed by atoms with Crippen molar-refractivity contribution in [1.82, 2.24) is 0 Å². The van der Waals surface area contributed by atoms with Gasteiger partial charge in [0.05, 0.1) is 12.2 Å². The number of carbonyl (C=O) groups excluding carboxylic acids is 1. The number of hydrogen-bond donors (Lipinski definition) is 1. The highest BCUT2D eigenvalue weighted by molar-refractivity contribution is 5.97. The van der Waals surface area contributed by atoms with Crippen LogP contribution in [0.3, 0.4) is 0 Å². The summed E-state index contributed by atoms with van der Waals surface area (Å²) in [7, 11) is 0. The molecular formula is C11H14O3. The SMILES string of the molecule is CCCOc1cccc(C(C)=O)c1O. The molecule has 0 spiro atoms. The number of aromatic hydroxyl groups is 1. The number of para-hydroxylation sites is 1. The quantitative estimate of drug-likeness (QED) is 0.748. The van der Waals surface area contributed by atoms with Gasteiger partial charge in [0.1, 0.15) is 0 Å². The zero-order chi connectivity index (χ0) is 10.6. The highest BCUT2D eigenvalue weighted by Crippen LogP contribution is 2.29. The van der Waals surface area contributed by atoms with Crippen LogP contribution in [-0.4, -0.2) is 17.5 Å². The van der Waals surface area contributed by atoms with Gasteiger partial charge in [0.2, 0.25) is 0 Å². The zero-order valence-corrected chi connectivity index (χ0v) is 8.41. The van der Waals surface area contributed by atoms with Gasteiger partial charge in [-0.1, -0.05) is 13.0 Å². The lowest BCUT2D eigenvalue weighted by atomic mass is 10.1. The van der Waals surface area contributed by atoms with Crippen LogP contribution < -0.4 is 4.74 Å². The summed E-state index contributed by atoms with van der Waals surface area (Å²) in [4.78, 5) is 11.1. The Morgan fingerprint density at radius 3 is 2.79 bits per heavy atom. The highest BCUT2D eigenvalue weighted by atomic mass is 16.5. The summed E-state index contributed by atoms with van der Waals surface area (Å²) in [5.41, 5.74) is 0.304. The number of ether oxygens (including phenoxy) is 1. The molecule has 0 aliphatic rings. The first kappa shape index (κ1) is 10.6. The topological polar surface area (TPSA) is 46.5 Å². The van der Waals surface area contributed by atoms with Gasteiger partial charge >= 0.3 is 0 Å². The Labute approximate surface area is 83.3 Å². The molecule has 76 valence electrons. The van der Waals surface area contributed by atoms with Crippen LogP contribution in [0.4, 0.5) is 0 Å². The van der Waals surface area contributed by atoms with Gasteiger partial charge in [-0.15, -0.1) is 0 Å². The monoisotopic (exact) mass is 194 g/mol. The molecule has 0 aromatic heterocycles. The molecule has 14 heavy (non-hydrogen) atoms. The lowest BCUT2D eigenvalue weighted by molar-refractivity contribution is 0.101. The van der Waals surface area contributed by atoms with Crippen LogP contribution in [0.25, 0.3) is 0 Å². The Balaban J connectivity index is 2.95. The van der Waals surface area contributed by atoms with Crippen LogP contribution in [0, 0.1) is 0 Å². The molecular weight excluding hydrogens is 180 g/mol. The van der Waals surface area contributed by atoms with Crippen molar-refractivity contribution >= 4 is 5.78 Å². The third-order valence-corrected chi connectivity index (χ3v) is 1.84. The van der Waals surface area contributed by atoms with Crippen LogP contribution in [-0.2, 0) is 0 Å². The highest BCUT2D eigenvalue weighted by Gasteiger charge is 2.10. The van der Waals surface area contributed by atoms with E-state index in [9.17, 15) is 9.90 Å². The molecule has 0 amide bonds. The number of hydrogen-bond acceptors (Lipinski definition) is 3. The van der Waals surface area contributed by atoms with Crippen molar-refractivity contribution in [3.63, 3.8) is 0 Å². The predicted molar refractivity (Wildman–Crippen MR) is 53.9 cm³/mol. The van der Waals surface area contributed by atoms with Crippen molar-refractivity contribution in [2.24, 2.45) is 0 Å². The number of Topliss-reactive ketones (excluding diaryl/α,β-unsaturated/α-hetero) is 1. The van der Waals surface area contributed by atoms with E-state index < -0.39 is 0 Å². The van der Waals surface area contributed by atoms with E-state index in [2.05, 4.69) is 0 Å². The van der Waals surface area contributed by atoms with Gasteiger partial charge in [0.15, 0.2) is 17.3 Å². The van der Waals surface area contributed by atoms with E-state index in [1.54, 1.807) is 18.2 Å². The molecule has 1 N–H and O–H groups in total. The first-order valence-electron chi connectivity index (χ1n) is 4.62. The number of phenols is 1. The maximum atomic E-state index is 11.1. The number of benzene rings is 1. The average molecular weight is 194 g/mol. The van der Waals surface area contributed by atoms with Gasteiger partial charge in [-0.3, -0.25) is 4.79 Å². The lowest BCUT2D eigenvalue weighted by Gasteiger charge is -2.08. The number of carbonyl (C=O) groups is 1. The van der Waals surface area contributed by atoms with Crippen LogP contribution in [0.1, 0.15) is 30.6 Å². The van der Waals surface area contributed by atoms with E-state index in [0.717, 1.165) is 6.42 Å². The fourth-order valence-electron chi connectivity index (χ4n) is 1.13. The van der Waals surface area contributed by atoms with Crippen molar-refractivity contribution in [1.29, 1.82) is 0 Å². The van der Waals surface area contributed by atoms with Crippen molar-refractivity contribution in [2.45, 2.75) is 20.3 Å². The molecule has 0 aliphatic carbocycles. The second-order valence-electron chi connectivity index (χ2n) is 3.06. The van der Waals surface area contributed by atoms with E-state index in [-0.39, 0.29) is 11.5 Å². The van der Waals surface area contributed by atoms with Gasteiger partial charge in [-0.2, -0.15) is 0 Å². The smallest absolute Gasteiger partial charge is 0.168 e. The first-order valence-corrected chi connectivity index (χ1v) is 4.62. The Morgan fingerprint density at radius 1 is 1.50 bits per heavy atom. The minimum atomic E-state index is -0.163. The molecule has 0 saturated carbocycles. The molecule has 1 aromatic carbocycles. The molecule has 0 fully saturated rings. The molecule has 0 radical (unpaired) electrons. The van der Waals surface area contributed by atoms with Gasteiger partial charge in [0, 0.05) is 0 Å². The molecule has 0 heterocycles. The lowest BCUT2D eigenvalue weighted by Crippen LogP contribution is -1.98. The summed E-state index contributed by atoms with van der Waals surface area (Å²) in [5, 5.41) is 9.64. The van der Waals surface area contributed by atoms with Crippen LogP contribution >= 0.6 is 0 Å².